The van der Waals surface area contributed by atoms with Crippen LogP contribution in [0.3, 0.4) is 0 Å². The molecule has 0 atom stereocenters. The number of thiazole rings is 1. The third-order valence-electron chi connectivity index (χ3n) is 4.26. The van der Waals surface area contributed by atoms with Gasteiger partial charge in [0, 0.05) is 12.1 Å². The van der Waals surface area contributed by atoms with E-state index < -0.39 is 5.97 Å². The average molecular weight is 467 g/mol. The highest BCUT2D eigenvalue weighted by atomic mass is 35.5. The van der Waals surface area contributed by atoms with Crippen LogP contribution in [0.15, 0.2) is 36.4 Å². The van der Waals surface area contributed by atoms with Crippen LogP contribution in [0.25, 0.3) is 10.2 Å². The number of amides is 1. The first kappa shape index (κ1) is 22.3. The molecule has 0 spiro atoms. The molecule has 1 heterocycles. The quantitative estimate of drug-likeness (QED) is 0.431. The third-order valence-corrected chi connectivity index (χ3v) is 6.06. The molecule has 1 N–H and O–H groups in total. The molecule has 3 aromatic rings. The Kier molecular flexibility index (Phi) is 7.53. The summed E-state index contributed by atoms with van der Waals surface area (Å²) in [5.41, 5.74) is 1.23. The zero-order valence-electron chi connectivity index (χ0n) is 16.2. The lowest BCUT2D eigenvalue weighted by molar-refractivity contribution is -0.138. The maximum absolute atomic E-state index is 12.8. The highest BCUT2D eigenvalue weighted by Gasteiger charge is 2.20. The van der Waals surface area contributed by atoms with Crippen LogP contribution < -0.4 is 9.64 Å². The van der Waals surface area contributed by atoms with E-state index in [2.05, 4.69) is 4.98 Å². The maximum atomic E-state index is 12.8. The Bertz CT molecular complexity index is 1050. The number of aromatic nitrogens is 1. The molecule has 1 amide bonds. The molecule has 0 aliphatic heterocycles. The second-order valence-electron chi connectivity index (χ2n) is 6.53. The zero-order valence-corrected chi connectivity index (χ0v) is 18.6. The number of hydrogen-bond acceptors (Lipinski definition) is 5. The number of carbonyl (C=O) groups is 2. The van der Waals surface area contributed by atoms with Gasteiger partial charge >= 0.3 is 5.97 Å². The number of carbonyl (C=O) groups excluding carboxylic acids is 1. The van der Waals surface area contributed by atoms with Crippen LogP contribution in [-0.2, 0) is 16.1 Å². The molecule has 9 heteroatoms. The van der Waals surface area contributed by atoms with Crippen molar-refractivity contribution in [1.29, 1.82) is 0 Å². The van der Waals surface area contributed by atoms with Crippen molar-refractivity contribution in [3.63, 3.8) is 0 Å². The van der Waals surface area contributed by atoms with Gasteiger partial charge in [-0.2, -0.15) is 0 Å². The average Bonchev–Trinajstić information content (AvgIpc) is 3.15. The fourth-order valence-electron chi connectivity index (χ4n) is 2.80. The van der Waals surface area contributed by atoms with Crippen molar-refractivity contribution >= 4 is 62.3 Å². The molecule has 0 unspecified atom stereocenters. The van der Waals surface area contributed by atoms with E-state index in [1.165, 1.54) is 16.2 Å². The molecule has 0 aliphatic rings. The Balaban J connectivity index is 1.88. The smallest absolute Gasteiger partial charge is 0.303 e. The minimum absolute atomic E-state index is 0.110. The minimum atomic E-state index is -1.02. The fourth-order valence-corrected chi connectivity index (χ4v) is 4.18. The van der Waals surface area contributed by atoms with E-state index in [9.17, 15) is 9.59 Å². The van der Waals surface area contributed by atoms with E-state index in [-0.39, 0.29) is 25.3 Å². The summed E-state index contributed by atoms with van der Waals surface area (Å²) in [7, 11) is 0. The summed E-state index contributed by atoms with van der Waals surface area (Å²) in [5, 5.41) is 10.4. The predicted molar refractivity (Wildman–Crippen MR) is 120 cm³/mol. The van der Waals surface area contributed by atoms with Gasteiger partial charge in [0.1, 0.15) is 16.3 Å². The summed E-state index contributed by atoms with van der Waals surface area (Å²) in [4.78, 5) is 29.8. The normalized spacial score (nSPS) is 10.9. The summed E-state index contributed by atoms with van der Waals surface area (Å²) in [6, 6.07) is 10.7. The minimum Gasteiger partial charge on any atom is -0.494 e. The molecule has 158 valence electrons. The molecule has 6 nitrogen and oxygen atoms in total. The summed E-state index contributed by atoms with van der Waals surface area (Å²) in [6.45, 7) is 2.82. The highest BCUT2D eigenvalue weighted by molar-refractivity contribution is 7.18. The lowest BCUT2D eigenvalue weighted by Crippen LogP contribution is -2.30. The number of fused-ring (bicyclic) bond motifs is 1. The standard InChI is InChI=1S/C21H20Cl2N2O4S/c1-2-11-29-14-5-3-13(4-6-14)25(18(26)9-10-19(27)28)12-17-24-21-16(30-17)8-7-15(22)20(21)23/h3-8H,2,9-12H2,1H3,(H,27,28). The summed E-state index contributed by atoms with van der Waals surface area (Å²) < 4.78 is 6.45. The Morgan fingerprint density at radius 3 is 2.53 bits per heavy atom. The first-order valence-electron chi connectivity index (χ1n) is 9.37. The van der Waals surface area contributed by atoms with Gasteiger partial charge in [-0.3, -0.25) is 9.59 Å². The van der Waals surface area contributed by atoms with E-state index in [1.54, 1.807) is 30.3 Å². The third kappa shape index (κ3) is 5.41. The van der Waals surface area contributed by atoms with Gasteiger partial charge in [0.25, 0.3) is 0 Å². The molecule has 0 bridgehead atoms. The fraction of sp³-hybridized carbons (Fsp3) is 0.286. The summed E-state index contributed by atoms with van der Waals surface area (Å²) in [5.74, 6) is -0.615. The number of rotatable bonds is 9. The van der Waals surface area contributed by atoms with E-state index in [0.717, 1.165) is 11.1 Å². The monoisotopic (exact) mass is 466 g/mol. The Hall–Kier alpha value is -2.35. The molecular weight excluding hydrogens is 447 g/mol. The molecular formula is C21H20Cl2N2O4S. The van der Waals surface area contributed by atoms with Gasteiger partial charge in [-0.15, -0.1) is 11.3 Å². The van der Waals surface area contributed by atoms with Crippen LogP contribution in [0.2, 0.25) is 10.0 Å². The molecule has 0 radical (unpaired) electrons. The van der Waals surface area contributed by atoms with Crippen molar-refractivity contribution < 1.29 is 19.4 Å². The van der Waals surface area contributed by atoms with Crippen molar-refractivity contribution in [1.82, 2.24) is 4.98 Å². The predicted octanol–water partition coefficient (Wildman–Crippen LogP) is 5.79. The highest BCUT2D eigenvalue weighted by Crippen LogP contribution is 2.34. The largest absolute Gasteiger partial charge is 0.494 e. The van der Waals surface area contributed by atoms with Gasteiger partial charge in [0.05, 0.1) is 34.3 Å². The number of nitrogens with zero attached hydrogens (tertiary/aromatic N) is 2. The number of carboxylic acid groups (broad SMARTS) is 1. The molecule has 3 rings (SSSR count). The zero-order chi connectivity index (χ0) is 21.7. The number of ether oxygens (including phenoxy) is 1. The van der Waals surface area contributed by atoms with Crippen molar-refractivity contribution in [3.8, 4) is 5.75 Å². The molecule has 30 heavy (non-hydrogen) atoms. The molecule has 0 saturated heterocycles. The Labute approximate surface area is 188 Å². The van der Waals surface area contributed by atoms with Gasteiger partial charge < -0.3 is 14.7 Å². The molecule has 0 aliphatic carbocycles. The number of hydrogen-bond donors (Lipinski definition) is 1. The van der Waals surface area contributed by atoms with Gasteiger partial charge in [-0.1, -0.05) is 30.1 Å². The van der Waals surface area contributed by atoms with E-state index in [0.29, 0.717) is 38.6 Å². The first-order chi connectivity index (χ1) is 14.4. The lowest BCUT2D eigenvalue weighted by atomic mass is 10.2. The number of benzene rings is 2. The van der Waals surface area contributed by atoms with E-state index >= 15 is 0 Å². The van der Waals surface area contributed by atoms with E-state index in [4.69, 9.17) is 33.0 Å². The van der Waals surface area contributed by atoms with Crippen molar-refractivity contribution in [2.24, 2.45) is 0 Å². The van der Waals surface area contributed by atoms with Crippen LogP contribution >= 0.6 is 34.5 Å². The van der Waals surface area contributed by atoms with Crippen LogP contribution in [0.5, 0.6) is 5.75 Å². The summed E-state index contributed by atoms with van der Waals surface area (Å²) in [6.07, 6.45) is 0.543. The van der Waals surface area contributed by atoms with E-state index in [1.807, 2.05) is 13.0 Å². The summed E-state index contributed by atoms with van der Waals surface area (Å²) >= 11 is 13.7. The number of carboxylic acids is 1. The van der Waals surface area contributed by atoms with Crippen LogP contribution in [0.1, 0.15) is 31.2 Å². The van der Waals surface area contributed by atoms with Crippen molar-refractivity contribution in [3.05, 3.63) is 51.5 Å². The van der Waals surface area contributed by atoms with Crippen LogP contribution in [-0.4, -0.2) is 28.6 Å². The molecule has 1 aromatic heterocycles. The maximum Gasteiger partial charge on any atom is 0.303 e. The lowest BCUT2D eigenvalue weighted by Gasteiger charge is -2.22. The number of aliphatic carboxylic acids is 1. The Morgan fingerprint density at radius 2 is 1.87 bits per heavy atom. The molecule has 0 fully saturated rings. The second-order valence-corrected chi connectivity index (χ2v) is 8.43. The number of halogens is 2. The number of anilines is 1. The topological polar surface area (TPSA) is 79.7 Å². The first-order valence-corrected chi connectivity index (χ1v) is 10.9. The van der Waals surface area contributed by atoms with Crippen molar-refractivity contribution in [2.75, 3.05) is 11.5 Å². The van der Waals surface area contributed by atoms with Crippen LogP contribution in [0.4, 0.5) is 5.69 Å². The van der Waals surface area contributed by atoms with Gasteiger partial charge in [0.2, 0.25) is 5.91 Å². The molecule has 0 saturated carbocycles. The second kappa shape index (κ2) is 10.1. The van der Waals surface area contributed by atoms with Crippen molar-refractivity contribution in [2.45, 2.75) is 32.7 Å². The molecule has 2 aromatic carbocycles. The SMILES string of the molecule is CCCOc1ccc(N(Cc2nc3c(Cl)c(Cl)ccc3s2)C(=O)CCC(=O)O)cc1. The van der Waals surface area contributed by atoms with Gasteiger partial charge in [-0.25, -0.2) is 4.98 Å². The van der Waals surface area contributed by atoms with Gasteiger partial charge in [0.15, 0.2) is 0 Å². The van der Waals surface area contributed by atoms with Gasteiger partial charge in [-0.05, 0) is 42.8 Å². The van der Waals surface area contributed by atoms with Crippen LogP contribution in [0, 0.1) is 0 Å². The Morgan fingerprint density at radius 1 is 1.13 bits per heavy atom.